The van der Waals surface area contributed by atoms with Crippen molar-refractivity contribution in [3.63, 3.8) is 0 Å². The van der Waals surface area contributed by atoms with Gasteiger partial charge in [0.15, 0.2) is 0 Å². The molecule has 0 spiro atoms. The Morgan fingerprint density at radius 1 is 0.781 bits per heavy atom. The number of rotatable bonds is 5. The minimum absolute atomic E-state index is 0.0299. The summed E-state index contributed by atoms with van der Waals surface area (Å²) in [6.07, 6.45) is 7.41. The van der Waals surface area contributed by atoms with Crippen molar-refractivity contribution in [2.75, 3.05) is 43.1 Å². The second kappa shape index (κ2) is 9.10. The average molecular weight is 434 g/mol. The maximum absolute atomic E-state index is 12.9. The number of ether oxygens (including phenoxy) is 1. The smallest absolute Gasteiger partial charge is 0.350 e. The predicted molar refractivity (Wildman–Crippen MR) is 127 cm³/mol. The zero-order valence-corrected chi connectivity index (χ0v) is 18.7. The summed E-state index contributed by atoms with van der Waals surface area (Å²) in [5, 5.41) is 4.42. The standard InChI is InChI=1S/C25H31N5O2/c1-32-24-13-11-21(12-14-24)28-17-15-27(16-18-28)20-7-9-22(10-8-20)29-19-26-30(25(29)31)23-5-3-2-4-6-23/h7-14,19,23H,2-6,15-18H2,1H3. The van der Waals surface area contributed by atoms with Gasteiger partial charge in [-0.25, -0.2) is 14.0 Å². The van der Waals surface area contributed by atoms with Crippen molar-refractivity contribution < 1.29 is 4.74 Å². The van der Waals surface area contributed by atoms with E-state index < -0.39 is 0 Å². The molecule has 1 aliphatic carbocycles. The highest BCUT2D eigenvalue weighted by atomic mass is 16.5. The van der Waals surface area contributed by atoms with E-state index in [2.05, 4.69) is 39.2 Å². The lowest BCUT2D eigenvalue weighted by Crippen LogP contribution is -2.46. The molecular formula is C25H31N5O2. The van der Waals surface area contributed by atoms with Gasteiger partial charge < -0.3 is 14.5 Å². The van der Waals surface area contributed by atoms with Gasteiger partial charge in [-0.1, -0.05) is 19.3 Å². The van der Waals surface area contributed by atoms with Crippen molar-refractivity contribution in [1.82, 2.24) is 14.3 Å². The molecule has 0 atom stereocenters. The Morgan fingerprint density at radius 3 is 1.88 bits per heavy atom. The van der Waals surface area contributed by atoms with Crippen LogP contribution in [0.15, 0.2) is 59.7 Å². The van der Waals surface area contributed by atoms with Gasteiger partial charge in [-0.15, -0.1) is 0 Å². The van der Waals surface area contributed by atoms with E-state index in [9.17, 15) is 4.79 Å². The zero-order valence-electron chi connectivity index (χ0n) is 18.7. The molecule has 7 nitrogen and oxygen atoms in total. The Labute approximate surface area is 188 Å². The third-order valence-corrected chi connectivity index (χ3v) is 6.82. The predicted octanol–water partition coefficient (Wildman–Crippen LogP) is 3.87. The summed E-state index contributed by atoms with van der Waals surface area (Å²) in [5.74, 6) is 0.885. The molecule has 5 rings (SSSR count). The van der Waals surface area contributed by atoms with E-state index in [1.807, 2.05) is 24.3 Å². The van der Waals surface area contributed by atoms with Crippen LogP contribution >= 0.6 is 0 Å². The Bertz CT molecular complexity index is 1070. The van der Waals surface area contributed by atoms with Gasteiger partial charge in [-0.2, -0.15) is 5.10 Å². The minimum Gasteiger partial charge on any atom is -0.497 e. The fourth-order valence-corrected chi connectivity index (χ4v) is 4.91. The van der Waals surface area contributed by atoms with Crippen molar-refractivity contribution in [2.24, 2.45) is 0 Å². The molecule has 0 bridgehead atoms. The van der Waals surface area contributed by atoms with E-state index in [0.29, 0.717) is 0 Å². The largest absolute Gasteiger partial charge is 0.497 e. The van der Waals surface area contributed by atoms with Gasteiger partial charge in [0.2, 0.25) is 0 Å². The summed E-state index contributed by atoms with van der Waals surface area (Å²) >= 11 is 0. The first-order valence-electron chi connectivity index (χ1n) is 11.6. The first kappa shape index (κ1) is 20.7. The summed E-state index contributed by atoms with van der Waals surface area (Å²) in [5.41, 5.74) is 3.27. The molecule has 1 aliphatic heterocycles. The third-order valence-electron chi connectivity index (χ3n) is 6.82. The molecule has 0 radical (unpaired) electrons. The van der Waals surface area contributed by atoms with E-state index in [1.165, 1.54) is 30.6 Å². The van der Waals surface area contributed by atoms with E-state index in [4.69, 9.17) is 4.74 Å². The summed E-state index contributed by atoms with van der Waals surface area (Å²) in [7, 11) is 1.69. The van der Waals surface area contributed by atoms with Gasteiger partial charge in [0.05, 0.1) is 18.8 Å². The van der Waals surface area contributed by atoms with Crippen LogP contribution in [-0.4, -0.2) is 47.6 Å². The van der Waals surface area contributed by atoms with Crippen LogP contribution in [0.3, 0.4) is 0 Å². The normalized spacial score (nSPS) is 17.5. The number of aromatic nitrogens is 3. The van der Waals surface area contributed by atoms with Gasteiger partial charge in [0, 0.05) is 37.6 Å². The number of methoxy groups -OCH3 is 1. The Morgan fingerprint density at radius 2 is 1.31 bits per heavy atom. The van der Waals surface area contributed by atoms with Crippen LogP contribution in [0.2, 0.25) is 0 Å². The molecular weight excluding hydrogens is 402 g/mol. The molecule has 2 aliphatic rings. The summed E-state index contributed by atoms with van der Waals surface area (Å²) in [6.45, 7) is 3.87. The van der Waals surface area contributed by atoms with Crippen LogP contribution in [0.4, 0.5) is 11.4 Å². The van der Waals surface area contributed by atoms with E-state index in [-0.39, 0.29) is 11.7 Å². The van der Waals surface area contributed by atoms with Crippen molar-refractivity contribution in [1.29, 1.82) is 0 Å². The van der Waals surface area contributed by atoms with Crippen LogP contribution in [0.5, 0.6) is 5.75 Å². The zero-order chi connectivity index (χ0) is 21.9. The lowest BCUT2D eigenvalue weighted by atomic mass is 9.96. The molecule has 2 fully saturated rings. The van der Waals surface area contributed by atoms with E-state index in [1.54, 1.807) is 22.7 Å². The number of hydrogen-bond acceptors (Lipinski definition) is 5. The van der Waals surface area contributed by atoms with Crippen molar-refractivity contribution >= 4 is 11.4 Å². The van der Waals surface area contributed by atoms with Crippen LogP contribution in [-0.2, 0) is 0 Å². The van der Waals surface area contributed by atoms with Gasteiger partial charge >= 0.3 is 5.69 Å². The summed E-state index contributed by atoms with van der Waals surface area (Å²) in [6, 6.07) is 16.8. The average Bonchev–Trinajstić information content (AvgIpc) is 3.26. The molecule has 168 valence electrons. The monoisotopic (exact) mass is 433 g/mol. The highest BCUT2D eigenvalue weighted by molar-refractivity contribution is 5.54. The lowest BCUT2D eigenvalue weighted by molar-refractivity contribution is 0.321. The molecule has 7 heteroatoms. The molecule has 1 saturated heterocycles. The second-order valence-electron chi connectivity index (χ2n) is 8.71. The highest BCUT2D eigenvalue weighted by Gasteiger charge is 2.20. The van der Waals surface area contributed by atoms with E-state index in [0.717, 1.165) is 50.5 Å². The van der Waals surface area contributed by atoms with E-state index >= 15 is 0 Å². The number of anilines is 2. The first-order chi connectivity index (χ1) is 15.7. The Kier molecular flexibility index (Phi) is 5.88. The molecule has 1 aromatic heterocycles. The molecule has 0 N–H and O–H groups in total. The van der Waals surface area contributed by atoms with Gasteiger partial charge in [0.1, 0.15) is 12.1 Å². The molecule has 2 aromatic carbocycles. The highest BCUT2D eigenvalue weighted by Crippen LogP contribution is 2.27. The van der Waals surface area contributed by atoms with Gasteiger partial charge in [-0.05, 0) is 61.4 Å². The van der Waals surface area contributed by atoms with Crippen LogP contribution in [0.1, 0.15) is 38.1 Å². The lowest BCUT2D eigenvalue weighted by Gasteiger charge is -2.37. The quantitative estimate of drug-likeness (QED) is 0.611. The third kappa shape index (κ3) is 4.11. The molecule has 3 aromatic rings. The first-order valence-corrected chi connectivity index (χ1v) is 11.6. The maximum atomic E-state index is 12.9. The minimum atomic E-state index is -0.0299. The van der Waals surface area contributed by atoms with Crippen molar-refractivity contribution in [3.8, 4) is 11.4 Å². The Balaban J connectivity index is 1.24. The number of nitrogens with zero attached hydrogens (tertiary/aromatic N) is 5. The number of hydrogen-bond donors (Lipinski definition) is 0. The fourth-order valence-electron chi connectivity index (χ4n) is 4.91. The molecule has 0 amide bonds. The van der Waals surface area contributed by atoms with Crippen LogP contribution in [0.25, 0.3) is 5.69 Å². The topological polar surface area (TPSA) is 55.5 Å². The number of piperazine rings is 1. The van der Waals surface area contributed by atoms with Crippen LogP contribution < -0.4 is 20.2 Å². The van der Waals surface area contributed by atoms with Crippen molar-refractivity contribution in [2.45, 2.75) is 38.1 Å². The summed E-state index contributed by atoms with van der Waals surface area (Å²) < 4.78 is 8.61. The van der Waals surface area contributed by atoms with Crippen molar-refractivity contribution in [3.05, 3.63) is 65.3 Å². The van der Waals surface area contributed by atoms with Crippen LogP contribution in [0, 0.1) is 0 Å². The second-order valence-corrected chi connectivity index (χ2v) is 8.71. The molecule has 0 unspecified atom stereocenters. The van der Waals surface area contributed by atoms with Gasteiger partial charge in [-0.3, -0.25) is 0 Å². The summed E-state index contributed by atoms with van der Waals surface area (Å²) in [4.78, 5) is 17.7. The van der Waals surface area contributed by atoms with Gasteiger partial charge in [0.25, 0.3) is 0 Å². The fraction of sp³-hybridized carbons (Fsp3) is 0.440. The Hall–Kier alpha value is -3.22. The number of benzene rings is 2. The molecule has 32 heavy (non-hydrogen) atoms. The molecule has 2 heterocycles. The maximum Gasteiger partial charge on any atom is 0.350 e. The molecule has 1 saturated carbocycles. The SMILES string of the molecule is COc1ccc(N2CCN(c3ccc(-n4cnn(C5CCCCC5)c4=O)cc3)CC2)cc1.